The van der Waals surface area contributed by atoms with Crippen molar-refractivity contribution in [2.75, 3.05) is 6.54 Å². The van der Waals surface area contributed by atoms with Gasteiger partial charge in [0.2, 0.25) is 0 Å². The summed E-state index contributed by atoms with van der Waals surface area (Å²) < 4.78 is 0. The van der Waals surface area contributed by atoms with E-state index in [1.165, 1.54) is 0 Å². The van der Waals surface area contributed by atoms with Gasteiger partial charge in [-0.05, 0) is 0 Å². The maximum Gasteiger partial charge on any atom is 0.0638 e. The van der Waals surface area contributed by atoms with Crippen molar-refractivity contribution in [2.45, 2.75) is 12.5 Å². The molecule has 2 heteroatoms. The van der Waals surface area contributed by atoms with Crippen LogP contribution in [0.5, 0.6) is 0 Å². The lowest BCUT2D eigenvalue weighted by molar-refractivity contribution is 0.977. The molecule has 0 spiro atoms. The second-order valence-corrected chi connectivity index (χ2v) is 1.47. The minimum atomic E-state index is 0.537. The minimum absolute atomic E-state index is 0.537. The Morgan fingerprint density at radius 2 is 2.67 bits per heavy atom. The second-order valence-electron chi connectivity index (χ2n) is 1.47. The van der Waals surface area contributed by atoms with Crippen LogP contribution in [0, 0.1) is 11.3 Å². The third kappa shape index (κ3) is 0.697. The zero-order chi connectivity index (χ0) is 4.41. The van der Waals surface area contributed by atoms with Gasteiger partial charge >= 0.3 is 0 Å². The standard InChI is InChI=1S/C4H6N2/c5-2-1-4-3-6-4/h4,6H,1,3H2/t4-/m1/s1. The summed E-state index contributed by atoms with van der Waals surface area (Å²) in [6.45, 7) is 1.05. The third-order valence-electron chi connectivity index (χ3n) is 0.830. The molecule has 0 radical (unpaired) electrons. The van der Waals surface area contributed by atoms with Gasteiger partial charge in [-0.3, -0.25) is 0 Å². The van der Waals surface area contributed by atoms with E-state index in [0.29, 0.717) is 12.5 Å². The average molecular weight is 82.1 g/mol. The normalized spacial score (nSPS) is 28.8. The van der Waals surface area contributed by atoms with Gasteiger partial charge in [-0.25, -0.2) is 0 Å². The highest BCUT2D eigenvalue weighted by Crippen LogP contribution is 1.98. The predicted octanol–water partition coefficient (Wildman–Crippen LogP) is -0.128. The van der Waals surface area contributed by atoms with E-state index in [9.17, 15) is 0 Å². The lowest BCUT2D eigenvalue weighted by Gasteiger charge is -1.69. The van der Waals surface area contributed by atoms with Gasteiger partial charge in [-0.1, -0.05) is 0 Å². The summed E-state index contributed by atoms with van der Waals surface area (Å²) in [6.07, 6.45) is 0.681. The van der Waals surface area contributed by atoms with E-state index in [-0.39, 0.29) is 0 Å². The highest BCUT2D eigenvalue weighted by Gasteiger charge is 2.17. The van der Waals surface area contributed by atoms with Crippen LogP contribution in [-0.2, 0) is 0 Å². The monoisotopic (exact) mass is 82.1 g/mol. The Morgan fingerprint density at radius 1 is 2.00 bits per heavy atom. The van der Waals surface area contributed by atoms with Crippen molar-refractivity contribution in [3.05, 3.63) is 0 Å². The van der Waals surface area contributed by atoms with E-state index in [2.05, 4.69) is 11.4 Å². The molecule has 1 atom stereocenters. The first-order valence-corrected chi connectivity index (χ1v) is 2.04. The summed E-state index contributed by atoms with van der Waals surface area (Å²) in [5.74, 6) is 0. The molecular formula is C4H6N2. The summed E-state index contributed by atoms with van der Waals surface area (Å²) in [5, 5.41) is 11.0. The van der Waals surface area contributed by atoms with Crippen LogP contribution in [0.2, 0.25) is 0 Å². The van der Waals surface area contributed by atoms with Crippen molar-refractivity contribution in [3.8, 4) is 6.07 Å². The zero-order valence-corrected chi connectivity index (χ0v) is 3.44. The fraction of sp³-hybridized carbons (Fsp3) is 0.750. The highest BCUT2D eigenvalue weighted by atomic mass is 15.1. The van der Waals surface area contributed by atoms with Crippen LogP contribution in [0.3, 0.4) is 0 Å². The van der Waals surface area contributed by atoms with Crippen LogP contribution in [-0.4, -0.2) is 12.6 Å². The van der Waals surface area contributed by atoms with Crippen LogP contribution >= 0.6 is 0 Å². The van der Waals surface area contributed by atoms with Crippen LogP contribution < -0.4 is 5.32 Å². The van der Waals surface area contributed by atoms with Gasteiger partial charge < -0.3 is 5.32 Å². The molecule has 0 aromatic heterocycles. The van der Waals surface area contributed by atoms with Crippen molar-refractivity contribution in [3.63, 3.8) is 0 Å². The molecule has 0 saturated carbocycles. The number of nitrogens with zero attached hydrogens (tertiary/aromatic N) is 1. The Labute approximate surface area is 36.8 Å². The fourth-order valence-electron chi connectivity index (χ4n) is 0.338. The molecule has 0 bridgehead atoms. The molecule has 1 N–H and O–H groups in total. The summed E-state index contributed by atoms with van der Waals surface area (Å²) in [6, 6.07) is 2.60. The van der Waals surface area contributed by atoms with Gasteiger partial charge in [-0.15, -0.1) is 0 Å². The minimum Gasteiger partial charge on any atom is -0.310 e. The first-order chi connectivity index (χ1) is 2.93. The summed E-state index contributed by atoms with van der Waals surface area (Å²) >= 11 is 0. The van der Waals surface area contributed by atoms with Gasteiger partial charge in [0.15, 0.2) is 0 Å². The lowest BCUT2D eigenvalue weighted by Crippen LogP contribution is -1.84. The average Bonchev–Trinajstić information content (AvgIpc) is 2.21. The Kier molecular flexibility index (Phi) is 0.771. The van der Waals surface area contributed by atoms with E-state index in [0.717, 1.165) is 6.54 Å². The molecule has 0 amide bonds. The molecule has 2 nitrogen and oxygen atoms in total. The SMILES string of the molecule is N#CC[C@@H]1CN1. The second kappa shape index (κ2) is 1.27. The quantitative estimate of drug-likeness (QED) is 0.448. The molecule has 1 aliphatic rings. The van der Waals surface area contributed by atoms with Crippen molar-refractivity contribution >= 4 is 0 Å². The lowest BCUT2D eigenvalue weighted by atomic mass is 10.4. The molecule has 1 saturated heterocycles. The Bertz CT molecular complexity index is 78.0. The van der Waals surface area contributed by atoms with Crippen LogP contribution in [0.15, 0.2) is 0 Å². The van der Waals surface area contributed by atoms with E-state index in [1.54, 1.807) is 0 Å². The van der Waals surface area contributed by atoms with Crippen molar-refractivity contribution < 1.29 is 0 Å². The van der Waals surface area contributed by atoms with Gasteiger partial charge in [0, 0.05) is 12.6 Å². The Balaban J connectivity index is 2.05. The maximum atomic E-state index is 7.99. The Morgan fingerprint density at radius 3 is 2.83 bits per heavy atom. The van der Waals surface area contributed by atoms with Crippen molar-refractivity contribution in [2.24, 2.45) is 0 Å². The summed E-state index contributed by atoms with van der Waals surface area (Å²) in [4.78, 5) is 0. The number of nitriles is 1. The largest absolute Gasteiger partial charge is 0.310 e. The smallest absolute Gasteiger partial charge is 0.0638 e. The summed E-state index contributed by atoms with van der Waals surface area (Å²) in [7, 11) is 0. The molecule has 1 fully saturated rings. The molecule has 1 aliphatic heterocycles. The van der Waals surface area contributed by atoms with E-state index in [1.807, 2.05) is 0 Å². The Hall–Kier alpha value is -0.550. The molecule has 0 unspecified atom stereocenters. The number of rotatable bonds is 1. The van der Waals surface area contributed by atoms with Crippen molar-refractivity contribution in [1.29, 1.82) is 5.26 Å². The maximum absolute atomic E-state index is 7.99. The molecule has 0 aromatic carbocycles. The van der Waals surface area contributed by atoms with Crippen LogP contribution in [0.1, 0.15) is 6.42 Å². The fourth-order valence-corrected chi connectivity index (χ4v) is 0.338. The molecule has 32 valence electrons. The third-order valence-corrected chi connectivity index (χ3v) is 0.830. The van der Waals surface area contributed by atoms with Crippen LogP contribution in [0.25, 0.3) is 0 Å². The van der Waals surface area contributed by atoms with Crippen molar-refractivity contribution in [1.82, 2.24) is 5.32 Å². The summed E-state index contributed by atoms with van der Waals surface area (Å²) in [5.41, 5.74) is 0. The molecule has 0 aromatic rings. The van der Waals surface area contributed by atoms with Crippen LogP contribution in [0.4, 0.5) is 0 Å². The number of hydrogen-bond donors (Lipinski definition) is 1. The number of hydrogen-bond acceptors (Lipinski definition) is 2. The number of nitrogens with one attached hydrogen (secondary N) is 1. The van der Waals surface area contributed by atoms with Gasteiger partial charge in [0.1, 0.15) is 0 Å². The first-order valence-electron chi connectivity index (χ1n) is 2.04. The van der Waals surface area contributed by atoms with E-state index >= 15 is 0 Å². The molecular weight excluding hydrogens is 76.1 g/mol. The highest BCUT2D eigenvalue weighted by molar-refractivity contribution is 4.91. The van der Waals surface area contributed by atoms with Gasteiger partial charge in [0.05, 0.1) is 12.5 Å². The van der Waals surface area contributed by atoms with Gasteiger partial charge in [-0.2, -0.15) is 5.26 Å². The predicted molar refractivity (Wildman–Crippen MR) is 22.0 cm³/mol. The zero-order valence-electron chi connectivity index (χ0n) is 3.44. The topological polar surface area (TPSA) is 45.7 Å². The van der Waals surface area contributed by atoms with E-state index in [4.69, 9.17) is 5.26 Å². The molecule has 6 heavy (non-hydrogen) atoms. The molecule has 0 aliphatic carbocycles. The van der Waals surface area contributed by atoms with Gasteiger partial charge in [0.25, 0.3) is 0 Å². The first kappa shape index (κ1) is 3.63. The molecule has 1 rings (SSSR count). The van der Waals surface area contributed by atoms with E-state index < -0.39 is 0 Å². The molecule has 1 heterocycles.